The molecule has 6 heteroatoms. The minimum atomic E-state index is -0.494. The molecule has 1 heterocycles. The molecule has 0 aliphatic carbocycles. The van der Waals surface area contributed by atoms with Gasteiger partial charge in [-0.1, -0.05) is 0 Å². The van der Waals surface area contributed by atoms with Crippen LogP contribution in [0.4, 0.5) is 0 Å². The van der Waals surface area contributed by atoms with Crippen LogP contribution in [0.3, 0.4) is 0 Å². The number of aromatic nitrogens is 2. The maximum Gasteiger partial charge on any atom is 0.284 e. The quantitative estimate of drug-likeness (QED) is 0.595. The lowest BCUT2D eigenvalue weighted by Gasteiger charge is -2.07. The third-order valence-corrected chi connectivity index (χ3v) is 2.31. The van der Waals surface area contributed by atoms with Crippen LogP contribution in [0, 0.1) is 0 Å². The molecule has 0 bridgehead atoms. The Morgan fingerprint density at radius 1 is 1.59 bits per heavy atom. The number of imidazole rings is 1. The maximum atomic E-state index is 11.0. The highest BCUT2D eigenvalue weighted by molar-refractivity contribution is 5.89. The van der Waals surface area contributed by atoms with Gasteiger partial charge in [-0.05, 0) is 19.9 Å². The van der Waals surface area contributed by atoms with Gasteiger partial charge in [0.2, 0.25) is 0 Å². The first-order valence-electron chi connectivity index (χ1n) is 5.85. The molecule has 0 spiro atoms. The number of nitrogens with two attached hydrogens (primary N) is 1. The smallest absolute Gasteiger partial charge is 0.284 e. The van der Waals surface area contributed by atoms with E-state index in [9.17, 15) is 4.79 Å². The SMILES string of the molecule is CCOCCCNCCn1ccnc1C(N)=O. The molecule has 1 amide bonds. The van der Waals surface area contributed by atoms with Crippen LogP contribution < -0.4 is 11.1 Å². The lowest BCUT2D eigenvalue weighted by molar-refractivity contribution is 0.0986. The molecule has 0 saturated heterocycles. The maximum absolute atomic E-state index is 11.0. The predicted octanol–water partition coefficient (Wildman–Crippen LogP) is -0.00180. The topological polar surface area (TPSA) is 82.2 Å². The standard InChI is InChI=1S/C11H20N4O2/c1-2-17-9-3-4-13-5-7-15-8-6-14-11(15)10(12)16/h6,8,13H,2-5,7,9H2,1H3,(H2,12,16). The summed E-state index contributed by atoms with van der Waals surface area (Å²) in [6.07, 6.45) is 4.32. The van der Waals surface area contributed by atoms with Crippen molar-refractivity contribution in [2.45, 2.75) is 19.9 Å². The molecule has 1 aromatic heterocycles. The predicted molar refractivity (Wildman–Crippen MR) is 64.7 cm³/mol. The van der Waals surface area contributed by atoms with E-state index in [1.807, 2.05) is 6.92 Å². The van der Waals surface area contributed by atoms with Crippen LogP contribution in [0.1, 0.15) is 24.0 Å². The van der Waals surface area contributed by atoms with E-state index in [0.717, 1.165) is 32.7 Å². The number of nitrogens with zero attached hydrogens (tertiary/aromatic N) is 2. The van der Waals surface area contributed by atoms with Gasteiger partial charge in [-0.15, -0.1) is 0 Å². The van der Waals surface area contributed by atoms with Gasteiger partial charge >= 0.3 is 0 Å². The molecule has 0 atom stereocenters. The summed E-state index contributed by atoms with van der Waals surface area (Å²) in [5, 5.41) is 3.27. The normalized spacial score (nSPS) is 10.6. The molecule has 0 aromatic carbocycles. The Kier molecular flexibility index (Phi) is 6.27. The van der Waals surface area contributed by atoms with Crippen molar-refractivity contribution in [3.05, 3.63) is 18.2 Å². The van der Waals surface area contributed by atoms with Crippen molar-refractivity contribution in [1.29, 1.82) is 0 Å². The van der Waals surface area contributed by atoms with Crippen LogP contribution in [-0.4, -0.2) is 41.8 Å². The van der Waals surface area contributed by atoms with Gasteiger partial charge in [0.25, 0.3) is 5.91 Å². The Hall–Kier alpha value is -1.40. The fourth-order valence-electron chi connectivity index (χ4n) is 1.48. The van der Waals surface area contributed by atoms with Gasteiger partial charge in [0.05, 0.1) is 0 Å². The average Bonchev–Trinajstić information content (AvgIpc) is 2.76. The molecule has 0 fully saturated rings. The Morgan fingerprint density at radius 3 is 3.12 bits per heavy atom. The molecule has 0 radical (unpaired) electrons. The summed E-state index contributed by atoms with van der Waals surface area (Å²) in [7, 11) is 0. The van der Waals surface area contributed by atoms with Gasteiger partial charge in [-0.25, -0.2) is 4.98 Å². The monoisotopic (exact) mass is 240 g/mol. The van der Waals surface area contributed by atoms with Crippen molar-refractivity contribution in [3.8, 4) is 0 Å². The van der Waals surface area contributed by atoms with E-state index in [4.69, 9.17) is 10.5 Å². The van der Waals surface area contributed by atoms with Crippen LogP contribution in [0.2, 0.25) is 0 Å². The lowest BCUT2D eigenvalue weighted by Crippen LogP contribution is -2.25. The van der Waals surface area contributed by atoms with Crippen LogP contribution >= 0.6 is 0 Å². The summed E-state index contributed by atoms with van der Waals surface area (Å²) in [4.78, 5) is 14.9. The molecule has 0 unspecified atom stereocenters. The second-order valence-corrected chi connectivity index (χ2v) is 3.61. The third-order valence-electron chi connectivity index (χ3n) is 2.31. The molecule has 6 nitrogen and oxygen atoms in total. The van der Waals surface area contributed by atoms with Crippen LogP contribution in [0.25, 0.3) is 0 Å². The summed E-state index contributed by atoms with van der Waals surface area (Å²) >= 11 is 0. The summed E-state index contributed by atoms with van der Waals surface area (Å²) < 4.78 is 6.97. The number of ether oxygens (including phenoxy) is 1. The first-order valence-corrected chi connectivity index (χ1v) is 5.85. The second kappa shape index (κ2) is 7.81. The molecule has 3 N–H and O–H groups in total. The number of nitrogens with one attached hydrogen (secondary N) is 1. The minimum absolute atomic E-state index is 0.307. The number of hydrogen-bond acceptors (Lipinski definition) is 4. The highest BCUT2D eigenvalue weighted by Crippen LogP contribution is 1.95. The van der Waals surface area contributed by atoms with E-state index < -0.39 is 5.91 Å². The lowest BCUT2D eigenvalue weighted by atomic mass is 10.4. The minimum Gasteiger partial charge on any atom is -0.382 e. The molecular formula is C11H20N4O2. The highest BCUT2D eigenvalue weighted by Gasteiger charge is 2.07. The Balaban J connectivity index is 2.14. The van der Waals surface area contributed by atoms with Crippen LogP contribution in [0.15, 0.2) is 12.4 Å². The Bertz CT molecular complexity index is 338. The van der Waals surface area contributed by atoms with Gasteiger partial charge in [0, 0.05) is 38.7 Å². The van der Waals surface area contributed by atoms with Gasteiger partial charge in [-0.2, -0.15) is 0 Å². The fourth-order valence-corrected chi connectivity index (χ4v) is 1.48. The van der Waals surface area contributed by atoms with E-state index >= 15 is 0 Å². The van der Waals surface area contributed by atoms with Gasteiger partial charge in [0.1, 0.15) is 0 Å². The van der Waals surface area contributed by atoms with Crippen LogP contribution in [-0.2, 0) is 11.3 Å². The van der Waals surface area contributed by atoms with E-state index in [-0.39, 0.29) is 0 Å². The van der Waals surface area contributed by atoms with E-state index in [1.54, 1.807) is 17.0 Å². The number of primary amides is 1. The van der Waals surface area contributed by atoms with Gasteiger partial charge < -0.3 is 20.4 Å². The molecule has 0 saturated carbocycles. The van der Waals surface area contributed by atoms with Crippen molar-refractivity contribution in [1.82, 2.24) is 14.9 Å². The molecule has 0 aliphatic rings. The molecule has 1 aromatic rings. The number of rotatable bonds is 9. The largest absolute Gasteiger partial charge is 0.382 e. The number of carbonyl (C=O) groups excluding carboxylic acids is 1. The summed E-state index contributed by atoms with van der Waals surface area (Å²) in [6, 6.07) is 0. The highest BCUT2D eigenvalue weighted by atomic mass is 16.5. The number of hydrogen-bond donors (Lipinski definition) is 2. The molecular weight excluding hydrogens is 220 g/mol. The zero-order valence-electron chi connectivity index (χ0n) is 10.2. The summed E-state index contributed by atoms with van der Waals surface area (Å²) in [6.45, 7) is 5.90. The molecule has 0 aliphatic heterocycles. The first kappa shape index (κ1) is 13.7. The van der Waals surface area contributed by atoms with Crippen molar-refractivity contribution in [3.63, 3.8) is 0 Å². The number of amides is 1. The molecule has 1 rings (SSSR count). The zero-order valence-corrected chi connectivity index (χ0v) is 10.2. The second-order valence-electron chi connectivity index (χ2n) is 3.61. The molecule has 96 valence electrons. The fraction of sp³-hybridized carbons (Fsp3) is 0.636. The van der Waals surface area contributed by atoms with Crippen LogP contribution in [0.5, 0.6) is 0 Å². The number of carbonyl (C=O) groups is 1. The van der Waals surface area contributed by atoms with Gasteiger partial charge in [0.15, 0.2) is 5.82 Å². The Labute approximate surface area is 101 Å². The van der Waals surface area contributed by atoms with Crippen molar-refractivity contribution < 1.29 is 9.53 Å². The van der Waals surface area contributed by atoms with E-state index in [2.05, 4.69) is 10.3 Å². The van der Waals surface area contributed by atoms with Gasteiger partial charge in [-0.3, -0.25) is 4.79 Å². The first-order chi connectivity index (χ1) is 8.25. The zero-order chi connectivity index (χ0) is 12.5. The van der Waals surface area contributed by atoms with Crippen molar-refractivity contribution >= 4 is 5.91 Å². The van der Waals surface area contributed by atoms with Crippen molar-refractivity contribution in [2.24, 2.45) is 5.73 Å². The van der Waals surface area contributed by atoms with E-state index in [1.165, 1.54) is 0 Å². The van der Waals surface area contributed by atoms with E-state index in [0.29, 0.717) is 12.4 Å². The molecule has 17 heavy (non-hydrogen) atoms. The summed E-state index contributed by atoms with van der Waals surface area (Å²) in [5.74, 6) is -0.188. The Morgan fingerprint density at radius 2 is 2.41 bits per heavy atom. The average molecular weight is 240 g/mol. The van der Waals surface area contributed by atoms with Crippen molar-refractivity contribution in [2.75, 3.05) is 26.3 Å². The summed E-state index contributed by atoms with van der Waals surface area (Å²) in [5.41, 5.74) is 5.19. The third kappa shape index (κ3) is 4.97.